The minimum atomic E-state index is -3.51. The first kappa shape index (κ1) is 19.1. The van der Waals surface area contributed by atoms with Crippen LogP contribution in [0.1, 0.15) is 31.2 Å². The fourth-order valence-corrected chi connectivity index (χ4v) is 4.91. The van der Waals surface area contributed by atoms with Gasteiger partial charge in [0.15, 0.2) is 0 Å². The number of anilines is 1. The van der Waals surface area contributed by atoms with Crippen molar-refractivity contribution >= 4 is 33.4 Å². The van der Waals surface area contributed by atoms with Crippen LogP contribution in [0.15, 0.2) is 24.3 Å². The van der Waals surface area contributed by atoms with Gasteiger partial charge >= 0.3 is 0 Å². The van der Waals surface area contributed by atoms with Gasteiger partial charge in [-0.15, -0.1) is 0 Å². The second-order valence-electron chi connectivity index (χ2n) is 6.24. The lowest BCUT2D eigenvalue weighted by Crippen LogP contribution is -2.41. The maximum atomic E-state index is 12.1. The molecule has 0 unspecified atom stereocenters. The second kappa shape index (κ2) is 8.76. The molecule has 0 atom stereocenters. The number of carbonyl (C=O) groups excluding carboxylic acids is 1. The number of rotatable bonds is 8. The molecule has 1 aromatic carbocycles. The molecule has 0 aromatic heterocycles. The lowest BCUT2D eigenvalue weighted by Gasteiger charge is -2.22. The Morgan fingerprint density at radius 3 is 2.67 bits per heavy atom. The van der Waals surface area contributed by atoms with Gasteiger partial charge in [-0.25, -0.2) is 8.42 Å². The maximum absolute atomic E-state index is 12.1. The Balaban J connectivity index is 1.86. The van der Waals surface area contributed by atoms with Gasteiger partial charge in [-0.1, -0.05) is 25.0 Å². The fraction of sp³-hybridized carbons (Fsp3) is 0.588. The van der Waals surface area contributed by atoms with Crippen LogP contribution in [0.3, 0.4) is 0 Å². The molecule has 1 amide bonds. The number of sulfonamides is 1. The molecule has 0 aliphatic heterocycles. The van der Waals surface area contributed by atoms with Gasteiger partial charge in [0.25, 0.3) is 0 Å². The van der Waals surface area contributed by atoms with Gasteiger partial charge in [0.2, 0.25) is 15.9 Å². The van der Waals surface area contributed by atoms with E-state index in [1.54, 1.807) is 18.2 Å². The van der Waals surface area contributed by atoms with Crippen LogP contribution in [0.25, 0.3) is 0 Å². The van der Waals surface area contributed by atoms with E-state index in [4.69, 9.17) is 0 Å². The van der Waals surface area contributed by atoms with E-state index < -0.39 is 10.0 Å². The molecule has 1 aliphatic rings. The zero-order valence-electron chi connectivity index (χ0n) is 14.3. The van der Waals surface area contributed by atoms with Crippen molar-refractivity contribution in [3.8, 4) is 0 Å². The van der Waals surface area contributed by atoms with Crippen LogP contribution < -0.4 is 9.62 Å². The van der Waals surface area contributed by atoms with Crippen molar-refractivity contribution < 1.29 is 13.2 Å². The van der Waals surface area contributed by atoms with Crippen LogP contribution in [0, 0.1) is 6.92 Å². The van der Waals surface area contributed by atoms with E-state index >= 15 is 0 Å². The van der Waals surface area contributed by atoms with E-state index in [1.807, 2.05) is 24.8 Å². The number of hydrogen-bond donors (Lipinski definition) is 1. The third-order valence-electron chi connectivity index (χ3n) is 4.06. The van der Waals surface area contributed by atoms with E-state index in [-0.39, 0.29) is 12.5 Å². The Hall–Kier alpha value is -1.21. The van der Waals surface area contributed by atoms with E-state index in [0.29, 0.717) is 12.2 Å². The Morgan fingerprint density at radius 1 is 1.33 bits per heavy atom. The fourth-order valence-electron chi connectivity index (χ4n) is 2.84. The predicted octanol–water partition coefficient (Wildman–Crippen LogP) is 2.55. The summed E-state index contributed by atoms with van der Waals surface area (Å²) in [6.07, 6.45) is 6.29. The number of thioether (sulfide) groups is 1. The largest absolute Gasteiger partial charge is 0.354 e. The Kier molecular flexibility index (Phi) is 6.98. The lowest BCUT2D eigenvalue weighted by atomic mass is 10.2. The van der Waals surface area contributed by atoms with Crippen molar-refractivity contribution in [2.75, 3.05) is 29.4 Å². The molecule has 1 N–H and O–H groups in total. The van der Waals surface area contributed by atoms with Gasteiger partial charge in [-0.3, -0.25) is 9.10 Å². The number of nitrogens with one attached hydrogen (secondary N) is 1. The first-order valence-corrected chi connectivity index (χ1v) is 11.2. The number of nitrogens with zero attached hydrogens (tertiary/aromatic N) is 1. The van der Waals surface area contributed by atoms with Crippen molar-refractivity contribution in [3.05, 3.63) is 29.8 Å². The molecule has 0 saturated heterocycles. The number of hydrogen-bond acceptors (Lipinski definition) is 4. The third kappa shape index (κ3) is 6.02. The highest BCUT2D eigenvalue weighted by molar-refractivity contribution is 7.99. The molecule has 24 heavy (non-hydrogen) atoms. The summed E-state index contributed by atoms with van der Waals surface area (Å²) in [6.45, 7) is 2.28. The molecular weight excluding hydrogens is 344 g/mol. The van der Waals surface area contributed by atoms with E-state index in [9.17, 15) is 13.2 Å². The zero-order chi connectivity index (χ0) is 17.6. The average molecular weight is 371 g/mol. The monoisotopic (exact) mass is 370 g/mol. The minimum absolute atomic E-state index is 0.184. The molecular formula is C17H26N2O3S2. The second-order valence-corrected chi connectivity index (χ2v) is 9.55. The Bertz CT molecular complexity index is 656. The van der Waals surface area contributed by atoms with Gasteiger partial charge in [-0.05, 0) is 37.5 Å². The molecule has 1 saturated carbocycles. The summed E-state index contributed by atoms with van der Waals surface area (Å²) in [7, 11) is -3.51. The minimum Gasteiger partial charge on any atom is -0.354 e. The van der Waals surface area contributed by atoms with Gasteiger partial charge in [0.1, 0.15) is 6.54 Å². The van der Waals surface area contributed by atoms with E-state index in [1.165, 1.54) is 25.7 Å². The molecule has 7 heteroatoms. The summed E-state index contributed by atoms with van der Waals surface area (Å²) in [4.78, 5) is 12.1. The number of aryl methyl sites for hydroxylation is 1. The topological polar surface area (TPSA) is 66.5 Å². The maximum Gasteiger partial charge on any atom is 0.240 e. The summed E-state index contributed by atoms with van der Waals surface area (Å²) in [5, 5.41) is 3.55. The highest BCUT2D eigenvalue weighted by Gasteiger charge is 2.21. The van der Waals surface area contributed by atoms with Crippen molar-refractivity contribution in [1.82, 2.24) is 5.32 Å². The van der Waals surface area contributed by atoms with Gasteiger partial charge in [0, 0.05) is 17.5 Å². The first-order valence-electron chi connectivity index (χ1n) is 8.29. The Labute approximate surface area is 149 Å². The van der Waals surface area contributed by atoms with Crippen molar-refractivity contribution in [3.63, 3.8) is 0 Å². The molecule has 5 nitrogen and oxygen atoms in total. The van der Waals surface area contributed by atoms with Crippen molar-refractivity contribution in [2.45, 2.75) is 37.9 Å². The van der Waals surface area contributed by atoms with E-state index in [2.05, 4.69) is 5.32 Å². The summed E-state index contributed by atoms with van der Waals surface area (Å²) >= 11 is 1.90. The highest BCUT2D eigenvalue weighted by Crippen LogP contribution is 2.28. The van der Waals surface area contributed by atoms with Crippen LogP contribution in [0.5, 0.6) is 0 Å². The number of amides is 1. The Morgan fingerprint density at radius 2 is 2.04 bits per heavy atom. The zero-order valence-corrected chi connectivity index (χ0v) is 16.0. The third-order valence-corrected chi connectivity index (χ3v) is 6.58. The molecule has 0 spiro atoms. The normalized spacial score (nSPS) is 15.4. The smallest absolute Gasteiger partial charge is 0.240 e. The van der Waals surface area contributed by atoms with Crippen molar-refractivity contribution in [2.24, 2.45) is 0 Å². The van der Waals surface area contributed by atoms with Gasteiger partial charge in [0.05, 0.1) is 11.9 Å². The van der Waals surface area contributed by atoms with Gasteiger partial charge in [-0.2, -0.15) is 11.8 Å². The highest BCUT2D eigenvalue weighted by atomic mass is 32.2. The quantitative estimate of drug-likeness (QED) is 0.714. The molecule has 0 bridgehead atoms. The standard InChI is InChI=1S/C17H26N2O3S2/c1-14-6-5-7-15(12-14)19(24(2,21)22)13-17(20)18-10-11-23-16-8-3-4-9-16/h5-7,12,16H,3-4,8-11,13H2,1-2H3,(H,18,20). The molecule has 1 fully saturated rings. The summed E-state index contributed by atoms with van der Waals surface area (Å²) < 4.78 is 25.2. The number of carbonyl (C=O) groups is 1. The lowest BCUT2D eigenvalue weighted by molar-refractivity contribution is -0.119. The van der Waals surface area contributed by atoms with Crippen molar-refractivity contribution in [1.29, 1.82) is 0 Å². The summed E-state index contributed by atoms with van der Waals surface area (Å²) in [5.74, 6) is 0.605. The van der Waals surface area contributed by atoms with Crippen LogP contribution in [-0.4, -0.2) is 44.7 Å². The van der Waals surface area contributed by atoms with Crippen LogP contribution in [-0.2, 0) is 14.8 Å². The summed E-state index contributed by atoms with van der Waals surface area (Å²) in [5.41, 5.74) is 1.47. The SMILES string of the molecule is Cc1cccc(N(CC(=O)NCCSC2CCCC2)S(C)(=O)=O)c1. The molecule has 1 aromatic rings. The van der Waals surface area contributed by atoms with E-state index in [0.717, 1.165) is 27.1 Å². The molecule has 0 radical (unpaired) electrons. The molecule has 0 heterocycles. The molecule has 2 rings (SSSR count). The van der Waals surface area contributed by atoms with Crippen LogP contribution in [0.4, 0.5) is 5.69 Å². The molecule has 1 aliphatic carbocycles. The number of benzene rings is 1. The first-order chi connectivity index (χ1) is 11.4. The molecule has 134 valence electrons. The van der Waals surface area contributed by atoms with Crippen LogP contribution >= 0.6 is 11.8 Å². The van der Waals surface area contributed by atoms with Crippen LogP contribution in [0.2, 0.25) is 0 Å². The predicted molar refractivity (Wildman–Crippen MR) is 101 cm³/mol. The van der Waals surface area contributed by atoms with Gasteiger partial charge < -0.3 is 5.32 Å². The average Bonchev–Trinajstić information content (AvgIpc) is 3.01. The summed E-state index contributed by atoms with van der Waals surface area (Å²) in [6, 6.07) is 7.16.